The van der Waals surface area contributed by atoms with E-state index in [2.05, 4.69) is 4.98 Å². The lowest BCUT2D eigenvalue weighted by Crippen LogP contribution is -2.40. The van der Waals surface area contributed by atoms with E-state index in [0.717, 1.165) is 11.1 Å². The monoisotopic (exact) mass is 612 g/mol. The Balaban J connectivity index is 1.18. The zero-order chi connectivity index (χ0) is 31.9. The minimum Gasteiger partial charge on any atom is -0.507 e. The van der Waals surface area contributed by atoms with E-state index < -0.39 is 23.7 Å². The van der Waals surface area contributed by atoms with Crippen LogP contribution < -0.4 is 9.64 Å². The number of hydrogen-bond donors (Lipinski definition) is 1. The second-order valence-electron chi connectivity index (χ2n) is 12.2. The van der Waals surface area contributed by atoms with Gasteiger partial charge in [0.25, 0.3) is 0 Å². The lowest BCUT2D eigenvalue weighted by Gasteiger charge is -2.42. The van der Waals surface area contributed by atoms with Gasteiger partial charge in [-0.25, -0.2) is 4.98 Å². The van der Waals surface area contributed by atoms with Gasteiger partial charge in [0.2, 0.25) is 17.7 Å². The highest BCUT2D eigenvalue weighted by Gasteiger charge is 2.57. The van der Waals surface area contributed by atoms with Crippen LogP contribution in [0.4, 0.5) is 5.69 Å². The van der Waals surface area contributed by atoms with Crippen molar-refractivity contribution in [3.05, 3.63) is 107 Å². The van der Waals surface area contributed by atoms with E-state index in [1.165, 1.54) is 24.2 Å². The first kappa shape index (κ1) is 27.9. The predicted molar refractivity (Wildman–Crippen MR) is 168 cm³/mol. The van der Waals surface area contributed by atoms with E-state index in [4.69, 9.17) is 9.15 Å². The number of hydrogen-bond acceptors (Lipinski definition) is 8. The Morgan fingerprint density at radius 3 is 2.48 bits per heavy atom. The van der Waals surface area contributed by atoms with Crippen molar-refractivity contribution in [2.24, 2.45) is 17.8 Å². The summed E-state index contributed by atoms with van der Waals surface area (Å²) < 4.78 is 11.5. The second kappa shape index (κ2) is 10.2. The summed E-state index contributed by atoms with van der Waals surface area (Å²) in [6, 6.07) is 19.3. The van der Waals surface area contributed by atoms with Crippen LogP contribution in [-0.2, 0) is 19.2 Å². The van der Waals surface area contributed by atoms with Crippen LogP contribution in [0.2, 0.25) is 0 Å². The Bertz CT molecular complexity index is 2080. The van der Waals surface area contributed by atoms with Crippen LogP contribution in [0.25, 0.3) is 22.6 Å². The molecule has 3 aliphatic carbocycles. The maximum Gasteiger partial charge on any atom is 0.238 e. The fraction of sp³-hybridized carbons (Fsp3) is 0.216. The molecular weight excluding hydrogens is 584 g/mol. The average molecular weight is 613 g/mol. The summed E-state index contributed by atoms with van der Waals surface area (Å²) in [4.78, 5) is 61.0. The molecule has 1 N–H and O–H groups in total. The SMILES string of the molecule is COc1cccc(O)c1C1C2=CCC3C(=O)N(c4ccc(-c5nc6ccccc6o5)cc4)C(=O)C3C2CC2=C1C(=O)C(C)=CC2=O. The van der Waals surface area contributed by atoms with Crippen LogP contribution in [0.1, 0.15) is 31.2 Å². The molecule has 4 unspecified atom stereocenters. The standard InChI is InChI=1S/C37H28N2O7/c1-18-16-27(41)24-17-23-21(31(32(24)34(18)42)33-26(40)7-5-9-29(33)45-2)14-15-22-30(23)37(44)39(36(22)43)20-12-10-19(11-13-20)35-38-25-6-3-4-8-28(25)46-35/h3-14,16,22-23,30-31,40H,15,17H2,1-2H3. The van der Waals surface area contributed by atoms with E-state index in [-0.39, 0.29) is 42.0 Å². The first-order valence-electron chi connectivity index (χ1n) is 15.2. The fourth-order valence-corrected chi connectivity index (χ4v) is 7.70. The summed E-state index contributed by atoms with van der Waals surface area (Å²) in [5.41, 5.74) is 4.57. The van der Waals surface area contributed by atoms with Gasteiger partial charge in [-0.2, -0.15) is 0 Å². The van der Waals surface area contributed by atoms with Crippen molar-refractivity contribution in [3.8, 4) is 23.0 Å². The quantitative estimate of drug-likeness (QED) is 0.173. The molecule has 3 aromatic carbocycles. The molecule has 4 aromatic rings. The maximum absolute atomic E-state index is 14.3. The number of oxazole rings is 1. The number of benzene rings is 3. The van der Waals surface area contributed by atoms with Crippen molar-refractivity contribution in [1.29, 1.82) is 0 Å². The molecule has 0 spiro atoms. The molecule has 8 rings (SSSR count). The number of aromatic hydroxyl groups is 1. The Morgan fingerprint density at radius 2 is 1.72 bits per heavy atom. The minimum absolute atomic E-state index is 0.0817. The zero-order valence-corrected chi connectivity index (χ0v) is 25.0. The van der Waals surface area contributed by atoms with Crippen molar-refractivity contribution in [3.63, 3.8) is 0 Å². The average Bonchev–Trinajstić information content (AvgIpc) is 3.61. The summed E-state index contributed by atoms with van der Waals surface area (Å²) in [7, 11) is 1.48. The number of fused-ring (bicyclic) bond motifs is 4. The van der Waals surface area contributed by atoms with Gasteiger partial charge in [0.15, 0.2) is 17.1 Å². The molecule has 0 bridgehead atoms. The number of para-hydroxylation sites is 2. The fourth-order valence-electron chi connectivity index (χ4n) is 7.70. The number of phenols is 1. The van der Waals surface area contributed by atoms with Gasteiger partial charge in [0, 0.05) is 33.8 Å². The number of ether oxygens (including phenoxy) is 1. The van der Waals surface area contributed by atoms with Crippen LogP contribution in [-0.4, -0.2) is 40.6 Å². The lowest BCUT2D eigenvalue weighted by atomic mass is 9.59. The lowest BCUT2D eigenvalue weighted by molar-refractivity contribution is -0.123. The Morgan fingerprint density at radius 1 is 0.935 bits per heavy atom. The van der Waals surface area contributed by atoms with Gasteiger partial charge < -0.3 is 14.3 Å². The number of Topliss-reactive ketones (excluding diaryl/α,β-unsaturated/α-hetero) is 1. The highest BCUT2D eigenvalue weighted by Crippen LogP contribution is 2.57. The van der Waals surface area contributed by atoms with Gasteiger partial charge in [0.1, 0.15) is 17.0 Å². The molecule has 1 aliphatic heterocycles. The summed E-state index contributed by atoms with van der Waals surface area (Å²) in [5.74, 6) is -3.23. The van der Waals surface area contributed by atoms with Gasteiger partial charge in [-0.1, -0.05) is 29.8 Å². The van der Waals surface area contributed by atoms with Crippen molar-refractivity contribution in [2.45, 2.75) is 25.7 Å². The molecule has 1 fully saturated rings. The summed E-state index contributed by atoms with van der Waals surface area (Å²) in [6.07, 6.45) is 3.68. The third-order valence-corrected chi connectivity index (χ3v) is 9.78. The minimum atomic E-state index is -0.807. The summed E-state index contributed by atoms with van der Waals surface area (Å²) in [5, 5.41) is 11.1. The Hall–Kier alpha value is -5.57. The van der Waals surface area contributed by atoms with Gasteiger partial charge in [-0.3, -0.25) is 24.1 Å². The number of phenolic OH excluding ortho intramolecular Hbond substituents is 1. The number of methoxy groups -OCH3 is 1. The normalized spacial score (nSPS) is 24.1. The second-order valence-corrected chi connectivity index (χ2v) is 12.2. The molecule has 228 valence electrons. The number of amides is 2. The molecule has 4 aliphatic rings. The molecule has 46 heavy (non-hydrogen) atoms. The number of carbonyl (C=O) groups excluding carboxylic acids is 4. The highest BCUT2D eigenvalue weighted by molar-refractivity contribution is 6.25. The van der Waals surface area contributed by atoms with Gasteiger partial charge >= 0.3 is 0 Å². The number of ketones is 2. The first-order valence-corrected chi connectivity index (χ1v) is 15.2. The van der Waals surface area contributed by atoms with Crippen molar-refractivity contribution in [1.82, 2.24) is 4.98 Å². The molecule has 2 amide bonds. The van der Waals surface area contributed by atoms with Crippen LogP contribution >= 0.6 is 0 Å². The molecule has 9 nitrogen and oxygen atoms in total. The number of anilines is 1. The highest BCUT2D eigenvalue weighted by atomic mass is 16.5. The van der Waals surface area contributed by atoms with Crippen molar-refractivity contribution >= 4 is 40.2 Å². The molecule has 0 radical (unpaired) electrons. The van der Waals surface area contributed by atoms with Gasteiger partial charge in [-0.05, 0) is 80.3 Å². The number of nitrogens with zero attached hydrogens (tertiary/aromatic N) is 2. The van der Waals surface area contributed by atoms with E-state index in [1.54, 1.807) is 43.3 Å². The molecule has 1 saturated heterocycles. The predicted octanol–water partition coefficient (Wildman–Crippen LogP) is 5.84. The Labute approximate surface area is 263 Å². The molecule has 1 aromatic heterocycles. The third kappa shape index (κ3) is 3.97. The number of allylic oxidation sites excluding steroid dienone is 6. The van der Waals surface area contributed by atoms with Crippen LogP contribution in [0.15, 0.2) is 106 Å². The topological polar surface area (TPSA) is 127 Å². The molecular formula is C37H28N2O7. The first-order chi connectivity index (χ1) is 22.3. The number of aromatic nitrogens is 1. The zero-order valence-electron chi connectivity index (χ0n) is 25.0. The van der Waals surface area contributed by atoms with Crippen molar-refractivity contribution in [2.75, 3.05) is 12.0 Å². The van der Waals surface area contributed by atoms with E-state index in [9.17, 15) is 24.3 Å². The molecule has 0 saturated carbocycles. The van der Waals surface area contributed by atoms with Crippen LogP contribution in [0.5, 0.6) is 11.5 Å². The van der Waals surface area contributed by atoms with E-state index >= 15 is 0 Å². The van der Waals surface area contributed by atoms with E-state index in [0.29, 0.717) is 50.8 Å². The largest absolute Gasteiger partial charge is 0.507 e. The third-order valence-electron chi connectivity index (χ3n) is 9.78. The van der Waals surface area contributed by atoms with Crippen molar-refractivity contribution < 1.29 is 33.4 Å². The number of carbonyl (C=O) groups is 4. The van der Waals surface area contributed by atoms with Gasteiger partial charge in [0.05, 0.1) is 24.6 Å². The Kier molecular flexibility index (Phi) is 6.22. The molecule has 4 atom stereocenters. The summed E-state index contributed by atoms with van der Waals surface area (Å²) >= 11 is 0. The van der Waals surface area contributed by atoms with Gasteiger partial charge in [-0.15, -0.1) is 0 Å². The maximum atomic E-state index is 14.3. The van der Waals surface area contributed by atoms with E-state index in [1.807, 2.05) is 30.3 Å². The molecule has 9 heteroatoms. The number of rotatable bonds is 4. The number of imide groups is 1. The van der Waals surface area contributed by atoms with Crippen LogP contribution in [0.3, 0.4) is 0 Å². The summed E-state index contributed by atoms with van der Waals surface area (Å²) in [6.45, 7) is 1.60. The molecule has 2 heterocycles. The smallest absolute Gasteiger partial charge is 0.238 e. The van der Waals surface area contributed by atoms with Crippen LogP contribution in [0, 0.1) is 17.8 Å².